The summed E-state index contributed by atoms with van der Waals surface area (Å²) in [5.41, 5.74) is 2.35. The molecular weight excluding hydrogens is 260 g/mol. The molecule has 0 saturated heterocycles. The Bertz CT molecular complexity index is 399. The lowest BCUT2D eigenvalue weighted by atomic mass is 10.0. The second kappa shape index (κ2) is 5.07. The highest BCUT2D eigenvalue weighted by atomic mass is 79.9. The van der Waals surface area contributed by atoms with Crippen LogP contribution >= 0.6 is 15.9 Å². The molecule has 4 heteroatoms. The summed E-state index contributed by atoms with van der Waals surface area (Å²) < 4.78 is 5.28. The normalized spacial score (nSPS) is 9.80. The third-order valence-corrected chi connectivity index (χ3v) is 2.83. The predicted molar refractivity (Wildman–Crippen MR) is 60.0 cm³/mol. The van der Waals surface area contributed by atoms with Gasteiger partial charge in [-0.15, -0.1) is 0 Å². The zero-order chi connectivity index (χ0) is 11.4. The van der Waals surface area contributed by atoms with Crippen molar-refractivity contribution in [2.24, 2.45) is 0 Å². The van der Waals surface area contributed by atoms with E-state index in [9.17, 15) is 9.59 Å². The lowest BCUT2D eigenvalue weighted by molar-refractivity contribution is -0.139. The molecule has 0 unspecified atom stereocenters. The van der Waals surface area contributed by atoms with Gasteiger partial charge < -0.3 is 4.74 Å². The molecule has 0 fully saturated rings. The van der Waals surface area contributed by atoms with Gasteiger partial charge in [-0.1, -0.05) is 15.9 Å². The van der Waals surface area contributed by atoms with E-state index in [4.69, 9.17) is 0 Å². The minimum absolute atomic E-state index is 0.222. The number of carbonyl (C=O) groups excluding carboxylic acids is 2. The average Bonchev–Trinajstić information content (AvgIpc) is 2.22. The molecule has 0 bridgehead atoms. The van der Waals surface area contributed by atoms with E-state index in [1.54, 1.807) is 12.1 Å². The Morgan fingerprint density at radius 1 is 1.53 bits per heavy atom. The zero-order valence-corrected chi connectivity index (χ0v) is 10.1. The number of esters is 1. The predicted octanol–water partition coefficient (Wildman–Crippen LogP) is 2.29. The summed E-state index contributed by atoms with van der Waals surface area (Å²) in [7, 11) is 1.35. The van der Waals surface area contributed by atoms with Gasteiger partial charge in [-0.2, -0.15) is 0 Å². The van der Waals surface area contributed by atoms with Crippen molar-refractivity contribution in [1.82, 2.24) is 0 Å². The number of hydrogen-bond donors (Lipinski definition) is 0. The summed E-state index contributed by atoms with van der Waals surface area (Å²) in [6, 6.07) is 3.52. The fourth-order valence-electron chi connectivity index (χ4n) is 1.25. The van der Waals surface area contributed by atoms with Crippen LogP contribution in [0.5, 0.6) is 0 Å². The van der Waals surface area contributed by atoms with Crippen molar-refractivity contribution in [3.8, 4) is 0 Å². The third-order valence-electron chi connectivity index (χ3n) is 2.14. The molecule has 3 nitrogen and oxygen atoms in total. The Balaban J connectivity index is 3.05. The Morgan fingerprint density at radius 3 is 2.73 bits per heavy atom. The average molecular weight is 271 g/mol. The maximum Gasteiger partial charge on any atom is 0.309 e. The van der Waals surface area contributed by atoms with Gasteiger partial charge in [-0.3, -0.25) is 9.59 Å². The maximum absolute atomic E-state index is 11.1. The van der Waals surface area contributed by atoms with Crippen molar-refractivity contribution in [1.29, 1.82) is 0 Å². The third kappa shape index (κ3) is 2.89. The Kier molecular flexibility index (Phi) is 4.03. The summed E-state index contributed by atoms with van der Waals surface area (Å²) in [5, 5.41) is 0. The van der Waals surface area contributed by atoms with Crippen LogP contribution in [0, 0.1) is 6.92 Å². The van der Waals surface area contributed by atoms with Crippen molar-refractivity contribution >= 4 is 28.2 Å². The molecule has 0 N–H and O–H groups in total. The van der Waals surface area contributed by atoms with Crippen LogP contribution in [-0.2, 0) is 16.0 Å². The fraction of sp³-hybridized carbons (Fsp3) is 0.273. The number of halogens is 1. The molecular formula is C11H11BrO3. The summed E-state index contributed by atoms with van der Waals surface area (Å²) in [4.78, 5) is 21.7. The van der Waals surface area contributed by atoms with Crippen LogP contribution in [0.3, 0.4) is 0 Å². The summed E-state index contributed by atoms with van der Waals surface area (Å²) in [5.74, 6) is -0.288. The van der Waals surface area contributed by atoms with Crippen LogP contribution in [0.4, 0.5) is 0 Å². The van der Waals surface area contributed by atoms with Gasteiger partial charge in [0, 0.05) is 10.0 Å². The molecule has 0 saturated carbocycles. The first kappa shape index (κ1) is 11.9. The molecule has 1 aromatic carbocycles. The van der Waals surface area contributed by atoms with Crippen molar-refractivity contribution in [2.75, 3.05) is 7.11 Å². The SMILES string of the molecule is COC(=O)Cc1cc(Br)c(C=O)cc1C. The van der Waals surface area contributed by atoms with Crippen molar-refractivity contribution in [2.45, 2.75) is 13.3 Å². The highest BCUT2D eigenvalue weighted by molar-refractivity contribution is 9.10. The molecule has 0 aliphatic heterocycles. The summed E-state index contributed by atoms with van der Waals surface area (Å²) >= 11 is 3.27. The van der Waals surface area contributed by atoms with Crippen molar-refractivity contribution in [3.05, 3.63) is 33.3 Å². The van der Waals surface area contributed by atoms with E-state index in [2.05, 4.69) is 20.7 Å². The first-order chi connectivity index (χ1) is 7.08. The van der Waals surface area contributed by atoms with E-state index in [1.807, 2.05) is 6.92 Å². The Morgan fingerprint density at radius 2 is 2.20 bits per heavy atom. The number of hydrogen-bond acceptors (Lipinski definition) is 3. The highest BCUT2D eigenvalue weighted by Gasteiger charge is 2.09. The molecule has 0 radical (unpaired) electrons. The van der Waals surface area contributed by atoms with E-state index >= 15 is 0 Å². The molecule has 0 amide bonds. The van der Waals surface area contributed by atoms with Gasteiger partial charge in [0.25, 0.3) is 0 Å². The van der Waals surface area contributed by atoms with Gasteiger partial charge in [0.1, 0.15) is 0 Å². The summed E-state index contributed by atoms with van der Waals surface area (Å²) in [6.07, 6.45) is 0.999. The molecule has 1 rings (SSSR count). The number of benzene rings is 1. The minimum Gasteiger partial charge on any atom is -0.469 e. The summed E-state index contributed by atoms with van der Waals surface area (Å²) in [6.45, 7) is 1.86. The van der Waals surface area contributed by atoms with Crippen molar-refractivity contribution in [3.63, 3.8) is 0 Å². The van der Waals surface area contributed by atoms with Gasteiger partial charge in [0.2, 0.25) is 0 Å². The van der Waals surface area contributed by atoms with E-state index in [1.165, 1.54) is 7.11 Å². The van der Waals surface area contributed by atoms with Gasteiger partial charge in [-0.05, 0) is 30.2 Å². The van der Waals surface area contributed by atoms with Gasteiger partial charge in [0.05, 0.1) is 13.5 Å². The molecule has 15 heavy (non-hydrogen) atoms. The van der Waals surface area contributed by atoms with Crippen LogP contribution in [0.2, 0.25) is 0 Å². The second-order valence-corrected chi connectivity index (χ2v) is 4.03. The molecule has 0 spiro atoms. The maximum atomic E-state index is 11.1. The second-order valence-electron chi connectivity index (χ2n) is 3.17. The van der Waals surface area contributed by atoms with Gasteiger partial charge in [0.15, 0.2) is 6.29 Å². The van der Waals surface area contributed by atoms with E-state index in [0.717, 1.165) is 17.4 Å². The quantitative estimate of drug-likeness (QED) is 0.625. The highest BCUT2D eigenvalue weighted by Crippen LogP contribution is 2.21. The van der Waals surface area contributed by atoms with Gasteiger partial charge in [-0.25, -0.2) is 0 Å². The monoisotopic (exact) mass is 270 g/mol. The van der Waals surface area contributed by atoms with Crippen LogP contribution in [0.1, 0.15) is 21.5 Å². The molecule has 1 aromatic rings. The van der Waals surface area contributed by atoms with Crippen LogP contribution in [0.15, 0.2) is 16.6 Å². The first-order valence-electron chi connectivity index (χ1n) is 4.39. The van der Waals surface area contributed by atoms with E-state index in [0.29, 0.717) is 10.0 Å². The topological polar surface area (TPSA) is 43.4 Å². The lowest BCUT2D eigenvalue weighted by Gasteiger charge is -2.07. The minimum atomic E-state index is -0.288. The smallest absolute Gasteiger partial charge is 0.309 e. The lowest BCUT2D eigenvalue weighted by Crippen LogP contribution is -2.06. The zero-order valence-electron chi connectivity index (χ0n) is 8.54. The number of rotatable bonds is 3. The molecule has 0 aliphatic carbocycles. The standard InChI is InChI=1S/C11H11BrO3/c1-7-3-9(6-13)10(12)4-8(7)5-11(14)15-2/h3-4,6H,5H2,1-2H3. The van der Waals surface area contributed by atoms with Crippen LogP contribution in [0.25, 0.3) is 0 Å². The molecule has 0 aromatic heterocycles. The Labute approximate surface area is 96.6 Å². The number of aldehydes is 1. The number of carbonyl (C=O) groups is 2. The van der Waals surface area contributed by atoms with E-state index < -0.39 is 0 Å². The molecule has 0 atom stereocenters. The fourth-order valence-corrected chi connectivity index (χ4v) is 1.74. The van der Waals surface area contributed by atoms with Crippen LogP contribution < -0.4 is 0 Å². The number of aryl methyl sites for hydroxylation is 1. The molecule has 80 valence electrons. The number of ether oxygens (including phenoxy) is 1. The largest absolute Gasteiger partial charge is 0.469 e. The number of methoxy groups -OCH3 is 1. The van der Waals surface area contributed by atoms with Crippen LogP contribution in [-0.4, -0.2) is 19.4 Å². The molecule has 0 heterocycles. The van der Waals surface area contributed by atoms with E-state index in [-0.39, 0.29) is 12.4 Å². The van der Waals surface area contributed by atoms with Gasteiger partial charge >= 0.3 is 5.97 Å². The Hall–Kier alpha value is -1.16. The first-order valence-corrected chi connectivity index (χ1v) is 5.18. The molecule has 0 aliphatic rings. The van der Waals surface area contributed by atoms with Crippen molar-refractivity contribution < 1.29 is 14.3 Å².